The van der Waals surface area contributed by atoms with Gasteiger partial charge in [-0.05, 0) is 66.6 Å². The molecule has 4 rings (SSSR count). The highest BCUT2D eigenvalue weighted by atomic mass is 14.7. The van der Waals surface area contributed by atoms with Gasteiger partial charge in [0.2, 0.25) is 0 Å². The SMILES string of the molecule is Cc1cc2cc(-c3cccc(-c4ccccc4)c3)nc(C)c2cc1C. The molecule has 0 unspecified atom stereocenters. The maximum Gasteiger partial charge on any atom is 0.0711 e. The normalized spacial score (nSPS) is 11.0. The predicted molar refractivity (Wildman–Crippen MR) is 107 cm³/mol. The molecule has 122 valence electrons. The molecular formula is C24H21N. The molecule has 0 saturated carbocycles. The molecular weight excluding hydrogens is 302 g/mol. The third kappa shape index (κ3) is 2.94. The fourth-order valence-electron chi connectivity index (χ4n) is 3.33. The second-order valence-electron chi connectivity index (χ2n) is 6.70. The lowest BCUT2D eigenvalue weighted by Gasteiger charge is -2.10. The van der Waals surface area contributed by atoms with Crippen molar-refractivity contribution in [3.8, 4) is 22.4 Å². The Morgan fingerprint density at radius 2 is 1.28 bits per heavy atom. The van der Waals surface area contributed by atoms with Crippen LogP contribution in [0.4, 0.5) is 0 Å². The third-order valence-electron chi connectivity index (χ3n) is 4.90. The Labute approximate surface area is 149 Å². The van der Waals surface area contributed by atoms with Gasteiger partial charge in [0.15, 0.2) is 0 Å². The molecule has 0 aliphatic carbocycles. The Hall–Kier alpha value is -2.93. The number of fused-ring (bicyclic) bond motifs is 1. The van der Waals surface area contributed by atoms with E-state index in [9.17, 15) is 0 Å². The molecule has 1 nitrogen and oxygen atoms in total. The maximum atomic E-state index is 4.88. The van der Waals surface area contributed by atoms with Crippen LogP contribution in [0.15, 0.2) is 72.8 Å². The molecule has 4 aromatic rings. The number of hydrogen-bond acceptors (Lipinski definition) is 1. The van der Waals surface area contributed by atoms with Crippen LogP contribution in [0.25, 0.3) is 33.2 Å². The van der Waals surface area contributed by atoms with Crippen LogP contribution in [0.5, 0.6) is 0 Å². The largest absolute Gasteiger partial charge is 0.252 e. The standard InChI is InChI=1S/C24H21N/c1-16-12-22-15-24(25-18(3)23(22)13-17(16)2)21-11-7-10-20(14-21)19-8-5-4-6-9-19/h4-15H,1-3H3. The lowest BCUT2D eigenvalue weighted by Crippen LogP contribution is -1.92. The Morgan fingerprint density at radius 3 is 2.08 bits per heavy atom. The van der Waals surface area contributed by atoms with E-state index < -0.39 is 0 Å². The van der Waals surface area contributed by atoms with Crippen molar-refractivity contribution in [3.05, 3.63) is 89.6 Å². The zero-order valence-electron chi connectivity index (χ0n) is 14.9. The van der Waals surface area contributed by atoms with Gasteiger partial charge in [0.1, 0.15) is 0 Å². The van der Waals surface area contributed by atoms with Gasteiger partial charge in [0.25, 0.3) is 0 Å². The van der Waals surface area contributed by atoms with Gasteiger partial charge in [-0.1, -0.05) is 54.6 Å². The highest BCUT2D eigenvalue weighted by molar-refractivity contribution is 5.89. The topological polar surface area (TPSA) is 12.9 Å². The molecule has 0 bridgehead atoms. The van der Waals surface area contributed by atoms with E-state index in [4.69, 9.17) is 4.98 Å². The fraction of sp³-hybridized carbons (Fsp3) is 0.125. The molecule has 1 aromatic heterocycles. The highest BCUT2D eigenvalue weighted by Crippen LogP contribution is 2.29. The van der Waals surface area contributed by atoms with E-state index >= 15 is 0 Å². The average molecular weight is 323 g/mol. The summed E-state index contributed by atoms with van der Waals surface area (Å²) >= 11 is 0. The number of benzene rings is 3. The zero-order valence-corrected chi connectivity index (χ0v) is 14.9. The van der Waals surface area contributed by atoms with Crippen LogP contribution in [-0.4, -0.2) is 4.98 Å². The third-order valence-corrected chi connectivity index (χ3v) is 4.90. The molecule has 0 radical (unpaired) electrons. The van der Waals surface area contributed by atoms with Crippen LogP contribution < -0.4 is 0 Å². The minimum absolute atomic E-state index is 1.03. The summed E-state index contributed by atoms with van der Waals surface area (Å²) in [6.45, 7) is 6.42. The second-order valence-corrected chi connectivity index (χ2v) is 6.70. The van der Waals surface area contributed by atoms with E-state index in [0.29, 0.717) is 0 Å². The van der Waals surface area contributed by atoms with Gasteiger partial charge >= 0.3 is 0 Å². The van der Waals surface area contributed by atoms with Gasteiger partial charge in [-0.15, -0.1) is 0 Å². The van der Waals surface area contributed by atoms with E-state index in [1.54, 1.807) is 0 Å². The Morgan fingerprint density at radius 1 is 0.600 bits per heavy atom. The summed E-state index contributed by atoms with van der Waals surface area (Å²) in [6, 6.07) is 25.8. The molecule has 1 heterocycles. The van der Waals surface area contributed by atoms with E-state index in [-0.39, 0.29) is 0 Å². The second kappa shape index (κ2) is 6.18. The van der Waals surface area contributed by atoms with Crippen LogP contribution in [0.1, 0.15) is 16.8 Å². The smallest absolute Gasteiger partial charge is 0.0711 e. The van der Waals surface area contributed by atoms with Gasteiger partial charge in [0.05, 0.1) is 5.69 Å². The van der Waals surface area contributed by atoms with Gasteiger partial charge in [-0.25, -0.2) is 0 Å². The minimum Gasteiger partial charge on any atom is -0.252 e. The number of aromatic nitrogens is 1. The van der Waals surface area contributed by atoms with Crippen molar-refractivity contribution >= 4 is 10.8 Å². The van der Waals surface area contributed by atoms with Gasteiger partial charge in [-0.3, -0.25) is 4.98 Å². The number of aryl methyl sites for hydroxylation is 3. The van der Waals surface area contributed by atoms with Crippen LogP contribution >= 0.6 is 0 Å². The van der Waals surface area contributed by atoms with E-state index in [1.807, 2.05) is 6.07 Å². The molecule has 0 fully saturated rings. The summed E-state index contributed by atoms with van der Waals surface area (Å²) in [5.41, 5.74) is 8.36. The quantitative estimate of drug-likeness (QED) is 0.410. The molecule has 0 atom stereocenters. The molecule has 0 N–H and O–H groups in total. The summed E-state index contributed by atoms with van der Waals surface area (Å²) in [6.07, 6.45) is 0. The molecule has 0 aliphatic heterocycles. The molecule has 25 heavy (non-hydrogen) atoms. The van der Waals surface area contributed by atoms with Crippen molar-refractivity contribution in [1.29, 1.82) is 0 Å². The molecule has 1 heteroatoms. The predicted octanol–water partition coefficient (Wildman–Crippen LogP) is 6.49. The first-order valence-corrected chi connectivity index (χ1v) is 8.66. The first kappa shape index (κ1) is 15.6. The van der Waals surface area contributed by atoms with Gasteiger partial charge in [-0.2, -0.15) is 0 Å². The summed E-state index contributed by atoms with van der Waals surface area (Å²) in [5.74, 6) is 0. The number of rotatable bonds is 2. The highest BCUT2D eigenvalue weighted by Gasteiger charge is 2.08. The van der Waals surface area contributed by atoms with Crippen molar-refractivity contribution in [2.45, 2.75) is 20.8 Å². The number of pyridine rings is 1. The Bertz CT molecular complexity index is 1060. The summed E-state index contributed by atoms with van der Waals surface area (Å²) < 4.78 is 0. The van der Waals surface area contributed by atoms with Crippen molar-refractivity contribution in [2.24, 2.45) is 0 Å². The van der Waals surface area contributed by atoms with Crippen molar-refractivity contribution in [2.75, 3.05) is 0 Å². The van der Waals surface area contributed by atoms with E-state index in [2.05, 4.69) is 87.5 Å². The summed E-state index contributed by atoms with van der Waals surface area (Å²) in [7, 11) is 0. The minimum atomic E-state index is 1.03. The summed E-state index contributed by atoms with van der Waals surface area (Å²) in [4.78, 5) is 4.88. The zero-order chi connectivity index (χ0) is 17.4. The first-order valence-electron chi connectivity index (χ1n) is 8.66. The lowest BCUT2D eigenvalue weighted by atomic mass is 9.98. The average Bonchev–Trinajstić information content (AvgIpc) is 2.64. The monoisotopic (exact) mass is 323 g/mol. The Balaban J connectivity index is 1.86. The van der Waals surface area contributed by atoms with Gasteiger partial charge < -0.3 is 0 Å². The van der Waals surface area contributed by atoms with Gasteiger partial charge in [0, 0.05) is 16.6 Å². The van der Waals surface area contributed by atoms with Crippen LogP contribution in [0, 0.1) is 20.8 Å². The molecule has 0 aliphatic rings. The molecule has 0 spiro atoms. The summed E-state index contributed by atoms with van der Waals surface area (Å²) in [5, 5.41) is 2.50. The number of nitrogens with zero attached hydrogens (tertiary/aromatic N) is 1. The first-order chi connectivity index (χ1) is 12.1. The van der Waals surface area contributed by atoms with E-state index in [1.165, 1.54) is 33.0 Å². The van der Waals surface area contributed by atoms with Crippen LogP contribution in [0.2, 0.25) is 0 Å². The lowest BCUT2D eigenvalue weighted by molar-refractivity contribution is 1.23. The van der Waals surface area contributed by atoms with Crippen LogP contribution in [0.3, 0.4) is 0 Å². The molecule has 0 saturated heterocycles. The van der Waals surface area contributed by atoms with Crippen LogP contribution in [-0.2, 0) is 0 Å². The van der Waals surface area contributed by atoms with E-state index in [0.717, 1.165) is 17.0 Å². The number of hydrogen-bond donors (Lipinski definition) is 0. The van der Waals surface area contributed by atoms with Crippen molar-refractivity contribution < 1.29 is 0 Å². The molecule has 0 amide bonds. The molecule has 3 aromatic carbocycles. The Kier molecular flexibility index (Phi) is 3.85. The van der Waals surface area contributed by atoms with Crippen molar-refractivity contribution in [3.63, 3.8) is 0 Å². The van der Waals surface area contributed by atoms with Crippen molar-refractivity contribution in [1.82, 2.24) is 4.98 Å². The maximum absolute atomic E-state index is 4.88. The fourth-order valence-corrected chi connectivity index (χ4v) is 3.33.